The fourth-order valence-corrected chi connectivity index (χ4v) is 8.02. The molecule has 0 bridgehead atoms. The number of hydrogen-bond acceptors (Lipinski definition) is 7. The largest absolute Gasteiger partial charge is 0.465 e. The van der Waals surface area contributed by atoms with Crippen molar-refractivity contribution >= 4 is 33.5 Å². The van der Waals surface area contributed by atoms with Crippen molar-refractivity contribution < 1.29 is 35.9 Å². The lowest BCUT2D eigenvalue weighted by Gasteiger charge is -2.25. The van der Waals surface area contributed by atoms with E-state index < -0.39 is 56.6 Å². The molecule has 1 saturated heterocycles. The van der Waals surface area contributed by atoms with Gasteiger partial charge in [-0.05, 0) is 54.2 Å². The van der Waals surface area contributed by atoms with E-state index in [1.165, 1.54) is 36.4 Å². The summed E-state index contributed by atoms with van der Waals surface area (Å²) in [6.07, 6.45) is -0.469. The van der Waals surface area contributed by atoms with Crippen molar-refractivity contribution in [3.8, 4) is 11.1 Å². The zero-order valence-corrected chi connectivity index (χ0v) is 25.3. The Bertz CT molecular complexity index is 1550. The van der Waals surface area contributed by atoms with E-state index in [1.54, 1.807) is 32.0 Å². The van der Waals surface area contributed by atoms with Crippen molar-refractivity contribution in [3.63, 3.8) is 0 Å². The highest BCUT2D eigenvalue weighted by Gasteiger charge is 2.41. The lowest BCUT2D eigenvalue weighted by atomic mass is 9.90. The molecule has 0 aliphatic carbocycles. The Kier molecular flexibility index (Phi) is 10.7. The van der Waals surface area contributed by atoms with Crippen LogP contribution in [0.5, 0.6) is 0 Å². The number of carbonyl (C=O) groups excluding carboxylic acids is 2. The van der Waals surface area contributed by atoms with Gasteiger partial charge in [0.25, 0.3) is 0 Å². The van der Waals surface area contributed by atoms with Crippen LogP contribution < -0.4 is 5.73 Å². The molecule has 0 saturated carbocycles. The van der Waals surface area contributed by atoms with Crippen LogP contribution in [0.15, 0.2) is 71.6 Å². The highest BCUT2D eigenvalue weighted by atomic mass is 32.2. The molecule has 1 aliphatic heterocycles. The van der Waals surface area contributed by atoms with E-state index in [9.17, 15) is 31.2 Å². The number of sulfonamides is 1. The molecule has 230 valence electrons. The number of Topliss-reactive ketones (excluding diaryl/α,β-unsaturated/α-hetero) is 1. The smallest absolute Gasteiger partial charge is 0.323 e. The number of hydrogen-bond donors (Lipinski definition) is 1. The summed E-state index contributed by atoms with van der Waals surface area (Å²) < 4.78 is 77.3. The topological polar surface area (TPSA) is 107 Å². The van der Waals surface area contributed by atoms with Crippen LogP contribution in [0.25, 0.3) is 11.1 Å². The number of carbonyl (C=O) groups is 2. The maximum absolute atomic E-state index is 14.8. The summed E-state index contributed by atoms with van der Waals surface area (Å²) in [6.45, 7) is 3.32. The first kappa shape index (κ1) is 32.7. The number of esters is 1. The van der Waals surface area contributed by atoms with Gasteiger partial charge in [-0.15, -0.1) is 11.8 Å². The fourth-order valence-electron chi connectivity index (χ4n) is 4.85. The van der Waals surface area contributed by atoms with Gasteiger partial charge in [0.1, 0.15) is 28.9 Å². The number of nitrogens with two attached hydrogens (primary N) is 1. The normalized spacial score (nSPS) is 17.1. The average molecular weight is 635 g/mol. The molecule has 0 amide bonds. The highest BCUT2D eigenvalue weighted by Crippen LogP contribution is 2.36. The van der Waals surface area contributed by atoms with Gasteiger partial charge in [0.15, 0.2) is 5.78 Å². The Balaban J connectivity index is 1.53. The Hall–Kier alpha value is -3.19. The molecule has 0 unspecified atom stereocenters. The van der Waals surface area contributed by atoms with Crippen LogP contribution >= 0.6 is 11.8 Å². The van der Waals surface area contributed by atoms with E-state index in [2.05, 4.69) is 0 Å². The lowest BCUT2D eigenvalue weighted by molar-refractivity contribution is -0.146. The number of halogens is 3. The van der Waals surface area contributed by atoms with E-state index >= 15 is 0 Å². The van der Waals surface area contributed by atoms with Crippen molar-refractivity contribution in [1.82, 2.24) is 4.31 Å². The van der Waals surface area contributed by atoms with Gasteiger partial charge in [0.2, 0.25) is 10.0 Å². The molecule has 7 nitrogen and oxygen atoms in total. The third-order valence-electron chi connectivity index (χ3n) is 7.33. The van der Waals surface area contributed by atoms with Crippen molar-refractivity contribution in [1.29, 1.82) is 0 Å². The van der Waals surface area contributed by atoms with E-state index in [-0.39, 0.29) is 42.4 Å². The van der Waals surface area contributed by atoms with Crippen molar-refractivity contribution in [2.24, 2.45) is 11.7 Å². The maximum Gasteiger partial charge on any atom is 0.323 e. The molecule has 0 radical (unpaired) electrons. The number of thioether (sulfide) groups is 1. The molecule has 43 heavy (non-hydrogen) atoms. The summed E-state index contributed by atoms with van der Waals surface area (Å²) >= 11 is 1.12. The van der Waals surface area contributed by atoms with Crippen molar-refractivity contribution in [3.05, 3.63) is 89.7 Å². The fraction of sp³-hybridized carbons (Fsp3) is 0.355. The molecule has 1 fully saturated rings. The van der Waals surface area contributed by atoms with Crippen LogP contribution in [-0.2, 0) is 24.3 Å². The zero-order chi connectivity index (χ0) is 31.3. The van der Waals surface area contributed by atoms with E-state index in [4.69, 9.17) is 10.5 Å². The second-order valence-electron chi connectivity index (χ2n) is 10.6. The Morgan fingerprint density at radius 2 is 1.60 bits per heavy atom. The Morgan fingerprint density at radius 3 is 2.23 bits per heavy atom. The molecule has 2 N–H and O–H groups in total. The standard InChI is InChI=1S/C31H33F3N2O5S2/c1-19(2)29(35)31(38)41-16-14-21(28-25(33)8-5-9-26(28)34)18-27(37)30-36(15-17-42-30)43(39,40)22-12-10-20(11-13-22)23-6-3-4-7-24(23)32/h3-13,19,21,29-30H,14-18,35H2,1-2H3/t21-,29+,30+/m1/s1. The minimum Gasteiger partial charge on any atom is -0.465 e. The Morgan fingerprint density at radius 1 is 0.977 bits per heavy atom. The van der Waals surface area contributed by atoms with Crippen molar-refractivity contribution in [2.45, 2.75) is 48.9 Å². The van der Waals surface area contributed by atoms with Gasteiger partial charge in [-0.25, -0.2) is 21.6 Å². The number of rotatable bonds is 12. The molecule has 1 heterocycles. The molecule has 12 heteroatoms. The van der Waals surface area contributed by atoms with E-state index in [1.807, 2.05) is 0 Å². The Labute approximate surface area is 253 Å². The van der Waals surface area contributed by atoms with E-state index in [0.29, 0.717) is 16.9 Å². The molecule has 1 aliphatic rings. The van der Waals surface area contributed by atoms with E-state index in [0.717, 1.165) is 28.2 Å². The quantitative estimate of drug-likeness (QED) is 0.263. The minimum atomic E-state index is -4.14. The van der Waals surface area contributed by atoms with Crippen LogP contribution in [-0.4, -0.2) is 54.8 Å². The molecule has 3 aromatic rings. The van der Waals surface area contributed by atoms with Crippen molar-refractivity contribution in [2.75, 3.05) is 18.9 Å². The van der Waals surface area contributed by atoms with Crippen LogP contribution in [0, 0.1) is 23.4 Å². The molecular formula is C31H33F3N2O5S2. The zero-order valence-electron chi connectivity index (χ0n) is 23.7. The maximum atomic E-state index is 14.8. The average Bonchev–Trinajstić information content (AvgIpc) is 3.48. The second-order valence-corrected chi connectivity index (χ2v) is 13.7. The van der Waals surface area contributed by atoms with Gasteiger partial charge < -0.3 is 10.5 Å². The number of benzene rings is 3. The number of ether oxygens (including phenoxy) is 1. The minimum absolute atomic E-state index is 0.0574. The van der Waals surface area contributed by atoms with Gasteiger partial charge in [0.05, 0.1) is 11.5 Å². The monoisotopic (exact) mass is 634 g/mol. The lowest BCUT2D eigenvalue weighted by Crippen LogP contribution is -2.40. The van der Waals surface area contributed by atoms with Gasteiger partial charge in [-0.1, -0.05) is 50.2 Å². The third kappa shape index (κ3) is 7.49. The summed E-state index contributed by atoms with van der Waals surface area (Å²) in [4.78, 5) is 25.7. The van der Waals surface area contributed by atoms with Crippen LogP contribution in [0.4, 0.5) is 13.2 Å². The molecule has 3 atom stereocenters. The van der Waals surface area contributed by atoms with Crippen LogP contribution in [0.2, 0.25) is 0 Å². The van der Waals surface area contributed by atoms with Crippen LogP contribution in [0.1, 0.15) is 38.2 Å². The predicted octanol–water partition coefficient (Wildman–Crippen LogP) is 5.49. The van der Waals surface area contributed by atoms with Gasteiger partial charge in [0, 0.05) is 29.8 Å². The van der Waals surface area contributed by atoms with Crippen LogP contribution in [0.3, 0.4) is 0 Å². The summed E-state index contributed by atoms with van der Waals surface area (Å²) in [5.41, 5.74) is 6.30. The first-order valence-corrected chi connectivity index (χ1v) is 16.3. The molecular weight excluding hydrogens is 601 g/mol. The summed E-state index contributed by atoms with van der Waals surface area (Å²) in [5.74, 6) is -4.24. The van der Waals surface area contributed by atoms with Gasteiger partial charge in [-0.3, -0.25) is 9.59 Å². The SMILES string of the molecule is CC(C)[C@H](N)C(=O)OCC[C@H](CC(=O)[C@@H]1SCCN1S(=O)(=O)c1ccc(-c2ccccc2F)cc1)c1c(F)cccc1F. The molecule has 0 spiro atoms. The predicted molar refractivity (Wildman–Crippen MR) is 159 cm³/mol. The summed E-state index contributed by atoms with van der Waals surface area (Å²) in [5, 5.41) is -1.12. The molecule has 0 aromatic heterocycles. The van der Waals surface area contributed by atoms with Gasteiger partial charge >= 0.3 is 5.97 Å². The number of ketones is 1. The first-order valence-electron chi connectivity index (χ1n) is 13.8. The third-order valence-corrected chi connectivity index (χ3v) is 10.6. The first-order chi connectivity index (χ1) is 20.4. The molecule has 4 rings (SSSR count). The highest BCUT2D eigenvalue weighted by molar-refractivity contribution is 8.02. The second kappa shape index (κ2) is 14.1. The number of nitrogens with zero attached hydrogens (tertiary/aromatic N) is 1. The summed E-state index contributed by atoms with van der Waals surface area (Å²) in [7, 11) is -4.14. The summed E-state index contributed by atoms with van der Waals surface area (Å²) in [6, 6.07) is 14.3. The molecule has 3 aromatic carbocycles. The van der Waals surface area contributed by atoms with Gasteiger partial charge in [-0.2, -0.15) is 4.31 Å².